The Morgan fingerprint density at radius 3 is 2.30 bits per heavy atom. The molecule has 122 valence electrons. The number of benzene rings is 1. The van der Waals surface area contributed by atoms with Gasteiger partial charge in [0.2, 0.25) is 15.7 Å². The maximum atomic E-state index is 12.9. The Kier molecular flexibility index (Phi) is 3.12. The van der Waals surface area contributed by atoms with Gasteiger partial charge in [0, 0.05) is 0 Å². The lowest BCUT2D eigenvalue weighted by Crippen LogP contribution is -2.50. The highest BCUT2D eigenvalue weighted by Gasteiger charge is 2.49. The number of carbonyl (C=O) groups is 1. The van der Waals surface area contributed by atoms with E-state index >= 15 is 0 Å². The Bertz CT molecular complexity index is 839. The Morgan fingerprint density at radius 1 is 1.17 bits per heavy atom. The van der Waals surface area contributed by atoms with Crippen LogP contribution in [0.15, 0.2) is 42.5 Å². The lowest BCUT2D eigenvalue weighted by Gasteiger charge is -2.32. The van der Waals surface area contributed by atoms with Crippen LogP contribution in [0.2, 0.25) is 0 Å². The number of carbonyl (C=O) groups excluding carboxylic acids is 1. The van der Waals surface area contributed by atoms with Crippen LogP contribution < -0.4 is 9.04 Å². The zero-order valence-electron chi connectivity index (χ0n) is 11.7. The molecule has 0 bridgehead atoms. The minimum Gasteiger partial charge on any atom is -0.457 e. The third kappa shape index (κ3) is 2.50. The number of ketones is 1. The monoisotopic (exact) mass is 345 g/mol. The van der Waals surface area contributed by atoms with E-state index in [1.165, 1.54) is 12.2 Å². The number of alkyl halides is 3. The lowest BCUT2D eigenvalue weighted by atomic mass is 10.1. The van der Waals surface area contributed by atoms with Crippen LogP contribution >= 0.6 is 0 Å². The van der Waals surface area contributed by atoms with Gasteiger partial charge in [-0.3, -0.25) is 4.79 Å². The number of fused-ring (bicyclic) bond motifs is 1. The van der Waals surface area contributed by atoms with Gasteiger partial charge in [0.15, 0.2) is 5.78 Å². The normalized spacial score (nSPS) is 19.1. The van der Waals surface area contributed by atoms with Gasteiger partial charge >= 0.3 is 6.18 Å². The molecule has 0 N–H and O–H groups in total. The Labute approximate surface area is 129 Å². The van der Waals surface area contributed by atoms with Gasteiger partial charge in [0.1, 0.15) is 5.75 Å². The van der Waals surface area contributed by atoms with E-state index < -0.39 is 27.5 Å². The number of ether oxygens (including phenoxy) is 1. The molecule has 1 aromatic carbocycles. The first kappa shape index (κ1) is 15.6. The average Bonchev–Trinajstić information content (AvgIpc) is 2.74. The van der Waals surface area contributed by atoms with Crippen molar-refractivity contribution in [2.24, 2.45) is 0 Å². The summed E-state index contributed by atoms with van der Waals surface area (Å²) in [4.78, 5) is 11.3. The van der Waals surface area contributed by atoms with Crippen molar-refractivity contribution in [1.82, 2.24) is 0 Å². The number of anilines is 1. The Balaban J connectivity index is 2.21. The van der Waals surface area contributed by atoms with E-state index in [0.29, 0.717) is 6.07 Å². The van der Waals surface area contributed by atoms with Gasteiger partial charge in [0.25, 0.3) is 0 Å². The first-order chi connectivity index (χ1) is 10.5. The predicted molar refractivity (Wildman–Crippen MR) is 75.4 cm³/mol. The minimum absolute atomic E-state index is 0.0212. The standard InChI is InChI=1S/C14H10F3NO4S/c1-23(20,21)18-11-8-9(14(15,16)17)2-3-12(11)22-13(18)6-4-10(19)5-7-13/h2-8H,1H3. The number of nitrogens with zero attached hydrogens (tertiary/aromatic N) is 1. The average molecular weight is 345 g/mol. The van der Waals surface area contributed by atoms with E-state index in [1.807, 2.05) is 0 Å². The van der Waals surface area contributed by atoms with Gasteiger partial charge in [-0.2, -0.15) is 13.2 Å². The SMILES string of the molecule is CS(=O)(=O)N1c2cc(C(F)(F)F)ccc2OC12C=CC(=O)C=C2. The van der Waals surface area contributed by atoms with Crippen LogP contribution in [0.4, 0.5) is 18.9 Å². The molecule has 3 rings (SSSR count). The number of sulfonamides is 1. The molecule has 9 heteroatoms. The predicted octanol–water partition coefficient (Wildman–Crippen LogP) is 2.26. The van der Waals surface area contributed by atoms with E-state index in [0.717, 1.165) is 34.8 Å². The molecule has 0 aromatic heterocycles. The van der Waals surface area contributed by atoms with Crippen molar-refractivity contribution in [2.45, 2.75) is 11.9 Å². The maximum absolute atomic E-state index is 12.9. The Hall–Kier alpha value is -2.29. The first-order valence-electron chi connectivity index (χ1n) is 6.36. The second-order valence-corrected chi connectivity index (χ2v) is 6.96. The van der Waals surface area contributed by atoms with Crippen LogP contribution in [0, 0.1) is 0 Å². The van der Waals surface area contributed by atoms with Crippen molar-refractivity contribution < 1.29 is 31.1 Å². The number of halogens is 3. The molecule has 23 heavy (non-hydrogen) atoms. The largest absolute Gasteiger partial charge is 0.457 e. The number of rotatable bonds is 1. The summed E-state index contributed by atoms with van der Waals surface area (Å²) < 4.78 is 69.2. The highest BCUT2D eigenvalue weighted by Crippen LogP contribution is 2.48. The fourth-order valence-corrected chi connectivity index (χ4v) is 3.68. The van der Waals surface area contributed by atoms with Crippen molar-refractivity contribution in [3.8, 4) is 5.75 Å². The highest BCUT2D eigenvalue weighted by molar-refractivity contribution is 7.92. The molecule has 2 aliphatic rings. The zero-order chi connectivity index (χ0) is 17.0. The van der Waals surface area contributed by atoms with Gasteiger partial charge in [0.05, 0.1) is 17.5 Å². The van der Waals surface area contributed by atoms with Gasteiger partial charge in [-0.15, -0.1) is 0 Å². The third-order valence-corrected chi connectivity index (χ3v) is 4.55. The van der Waals surface area contributed by atoms with Crippen LogP contribution in [0.3, 0.4) is 0 Å². The first-order valence-corrected chi connectivity index (χ1v) is 8.21. The van der Waals surface area contributed by atoms with E-state index in [2.05, 4.69) is 0 Å². The number of hydrogen-bond acceptors (Lipinski definition) is 4. The third-order valence-electron chi connectivity index (χ3n) is 3.40. The van der Waals surface area contributed by atoms with Crippen LogP contribution in [0.5, 0.6) is 5.75 Å². The summed E-state index contributed by atoms with van der Waals surface area (Å²) in [5.41, 5.74) is -2.90. The molecule has 0 fully saturated rings. The molecular weight excluding hydrogens is 335 g/mol. The van der Waals surface area contributed by atoms with Crippen molar-refractivity contribution >= 4 is 21.5 Å². The molecule has 0 radical (unpaired) electrons. The molecule has 0 unspecified atom stereocenters. The fraction of sp³-hybridized carbons (Fsp3) is 0.214. The second-order valence-electron chi connectivity index (χ2n) is 5.13. The molecular formula is C14H10F3NO4S. The maximum Gasteiger partial charge on any atom is 0.416 e. The van der Waals surface area contributed by atoms with Crippen LogP contribution in [-0.2, 0) is 21.0 Å². The molecule has 1 aromatic rings. The Morgan fingerprint density at radius 2 is 1.78 bits per heavy atom. The molecule has 0 atom stereocenters. The summed E-state index contributed by atoms with van der Waals surface area (Å²) in [7, 11) is -3.98. The van der Waals surface area contributed by atoms with Gasteiger partial charge < -0.3 is 4.74 Å². The molecule has 0 amide bonds. The summed E-state index contributed by atoms with van der Waals surface area (Å²) in [6, 6.07) is 2.58. The van der Waals surface area contributed by atoms with E-state index in [4.69, 9.17) is 4.74 Å². The van der Waals surface area contributed by atoms with Crippen LogP contribution in [0.1, 0.15) is 5.56 Å². The van der Waals surface area contributed by atoms with E-state index in [-0.39, 0.29) is 17.2 Å². The highest BCUT2D eigenvalue weighted by atomic mass is 32.2. The van der Waals surface area contributed by atoms with Crippen molar-refractivity contribution in [2.75, 3.05) is 10.6 Å². The van der Waals surface area contributed by atoms with Crippen LogP contribution in [-0.4, -0.2) is 26.2 Å². The van der Waals surface area contributed by atoms with E-state index in [9.17, 15) is 26.4 Å². The van der Waals surface area contributed by atoms with Crippen LogP contribution in [0.25, 0.3) is 0 Å². The topological polar surface area (TPSA) is 63.7 Å². The summed E-state index contributed by atoms with van der Waals surface area (Å²) >= 11 is 0. The quantitative estimate of drug-likeness (QED) is 0.783. The number of hydrogen-bond donors (Lipinski definition) is 0. The smallest absolute Gasteiger partial charge is 0.416 e. The zero-order valence-corrected chi connectivity index (χ0v) is 12.5. The molecule has 5 nitrogen and oxygen atoms in total. The van der Waals surface area contributed by atoms with Gasteiger partial charge in [-0.1, -0.05) is 0 Å². The molecule has 1 spiro atoms. The van der Waals surface area contributed by atoms with E-state index in [1.54, 1.807) is 0 Å². The molecule has 0 saturated heterocycles. The fourth-order valence-electron chi connectivity index (χ4n) is 2.50. The van der Waals surface area contributed by atoms with Gasteiger partial charge in [-0.25, -0.2) is 12.7 Å². The summed E-state index contributed by atoms with van der Waals surface area (Å²) in [5.74, 6) is -0.397. The number of allylic oxidation sites excluding steroid dienone is 2. The van der Waals surface area contributed by atoms with Crippen molar-refractivity contribution in [3.05, 3.63) is 48.1 Å². The van der Waals surface area contributed by atoms with Crippen molar-refractivity contribution in [3.63, 3.8) is 0 Å². The molecule has 1 aliphatic carbocycles. The molecule has 1 aliphatic heterocycles. The van der Waals surface area contributed by atoms with Gasteiger partial charge in [-0.05, 0) is 42.5 Å². The second kappa shape index (κ2) is 4.60. The molecule has 1 heterocycles. The molecule has 0 saturated carbocycles. The van der Waals surface area contributed by atoms with Crippen molar-refractivity contribution in [1.29, 1.82) is 0 Å². The minimum atomic E-state index is -4.62. The lowest BCUT2D eigenvalue weighted by molar-refractivity contribution is -0.137. The summed E-state index contributed by atoms with van der Waals surface area (Å²) in [6.45, 7) is 0. The summed E-state index contributed by atoms with van der Waals surface area (Å²) in [5, 5.41) is 0. The summed E-state index contributed by atoms with van der Waals surface area (Å²) in [6.07, 6.45) is 0.838.